The average molecular weight is 435 g/mol. The highest BCUT2D eigenvalue weighted by Gasteiger charge is 2.18. The number of carbonyl (C=O) groups excluding carboxylic acids is 1. The van der Waals surface area contributed by atoms with Crippen molar-refractivity contribution in [3.63, 3.8) is 0 Å². The lowest BCUT2D eigenvalue weighted by molar-refractivity contribution is -0.116. The summed E-state index contributed by atoms with van der Waals surface area (Å²) in [5.74, 6) is -0.344. The first-order valence-electron chi connectivity index (χ1n) is 9.84. The standard InChI is InChI=1S/C23H22N4O3S/c1-14-5-8-17(9-6-14)11-27-22(29)21-19(13-31-25-21)26(23(27)30)12-20(28)24-18-10-15(2)4-7-16(18)3/h4-10,13H,11-12H2,1-3H3,(H,24,28). The minimum Gasteiger partial charge on any atom is -0.324 e. The van der Waals surface area contributed by atoms with E-state index in [1.54, 1.807) is 5.38 Å². The van der Waals surface area contributed by atoms with Crippen molar-refractivity contribution in [2.45, 2.75) is 33.9 Å². The van der Waals surface area contributed by atoms with Gasteiger partial charge in [0.15, 0.2) is 5.52 Å². The highest BCUT2D eigenvalue weighted by atomic mass is 32.1. The Morgan fingerprint density at radius 1 is 1.00 bits per heavy atom. The van der Waals surface area contributed by atoms with E-state index in [-0.39, 0.29) is 24.5 Å². The summed E-state index contributed by atoms with van der Waals surface area (Å²) in [6, 6.07) is 13.4. The lowest BCUT2D eigenvalue weighted by atomic mass is 10.1. The predicted molar refractivity (Wildman–Crippen MR) is 123 cm³/mol. The van der Waals surface area contributed by atoms with Crippen molar-refractivity contribution in [3.05, 3.63) is 90.9 Å². The van der Waals surface area contributed by atoms with E-state index in [0.717, 1.165) is 38.4 Å². The number of carbonyl (C=O) groups is 1. The van der Waals surface area contributed by atoms with Crippen molar-refractivity contribution < 1.29 is 4.79 Å². The molecule has 0 aliphatic rings. The summed E-state index contributed by atoms with van der Waals surface area (Å²) in [4.78, 5) is 38.9. The van der Waals surface area contributed by atoms with Gasteiger partial charge in [-0.1, -0.05) is 42.0 Å². The molecule has 8 heteroatoms. The van der Waals surface area contributed by atoms with Crippen LogP contribution in [0.15, 0.2) is 57.4 Å². The van der Waals surface area contributed by atoms with Crippen LogP contribution >= 0.6 is 11.5 Å². The van der Waals surface area contributed by atoms with Crippen LogP contribution < -0.4 is 16.6 Å². The van der Waals surface area contributed by atoms with Gasteiger partial charge < -0.3 is 5.32 Å². The van der Waals surface area contributed by atoms with E-state index in [9.17, 15) is 14.4 Å². The van der Waals surface area contributed by atoms with Crippen molar-refractivity contribution in [3.8, 4) is 0 Å². The molecule has 0 saturated heterocycles. The van der Waals surface area contributed by atoms with Gasteiger partial charge >= 0.3 is 5.69 Å². The fourth-order valence-corrected chi connectivity index (χ4v) is 4.08. The van der Waals surface area contributed by atoms with E-state index >= 15 is 0 Å². The third kappa shape index (κ3) is 4.20. The first kappa shape index (κ1) is 20.7. The van der Waals surface area contributed by atoms with Crippen LogP contribution in [0.5, 0.6) is 0 Å². The molecule has 4 rings (SSSR count). The fraction of sp³-hybridized carbons (Fsp3) is 0.217. The molecule has 0 aliphatic carbocycles. The van der Waals surface area contributed by atoms with Gasteiger partial charge in [0.1, 0.15) is 6.54 Å². The normalized spacial score (nSPS) is 11.1. The number of nitrogens with zero attached hydrogens (tertiary/aromatic N) is 3. The summed E-state index contributed by atoms with van der Waals surface area (Å²) in [5, 5.41) is 4.50. The zero-order chi connectivity index (χ0) is 22.1. The minimum atomic E-state index is -0.533. The second kappa shape index (κ2) is 8.31. The number of hydrogen-bond donors (Lipinski definition) is 1. The molecule has 0 bridgehead atoms. The van der Waals surface area contributed by atoms with E-state index in [1.165, 1.54) is 4.57 Å². The molecule has 0 saturated carbocycles. The number of rotatable bonds is 5. The van der Waals surface area contributed by atoms with Gasteiger partial charge in [0.05, 0.1) is 12.1 Å². The molecular weight excluding hydrogens is 412 g/mol. The lowest BCUT2D eigenvalue weighted by Gasteiger charge is -2.13. The number of hydrogen-bond acceptors (Lipinski definition) is 5. The van der Waals surface area contributed by atoms with E-state index in [0.29, 0.717) is 11.2 Å². The van der Waals surface area contributed by atoms with Crippen LogP contribution in [0, 0.1) is 20.8 Å². The molecule has 0 unspecified atom stereocenters. The zero-order valence-electron chi connectivity index (χ0n) is 17.5. The molecule has 31 heavy (non-hydrogen) atoms. The Kier molecular flexibility index (Phi) is 5.56. The van der Waals surface area contributed by atoms with Crippen molar-refractivity contribution >= 4 is 34.2 Å². The maximum atomic E-state index is 13.2. The Balaban J connectivity index is 1.72. The van der Waals surface area contributed by atoms with Gasteiger partial charge in [0, 0.05) is 11.1 Å². The third-order valence-corrected chi connectivity index (χ3v) is 5.80. The van der Waals surface area contributed by atoms with E-state index in [2.05, 4.69) is 9.69 Å². The largest absolute Gasteiger partial charge is 0.332 e. The van der Waals surface area contributed by atoms with Crippen LogP contribution in [-0.4, -0.2) is 19.4 Å². The number of anilines is 1. The van der Waals surface area contributed by atoms with E-state index in [1.807, 2.05) is 63.2 Å². The van der Waals surface area contributed by atoms with Crippen LogP contribution in [-0.2, 0) is 17.9 Å². The van der Waals surface area contributed by atoms with E-state index < -0.39 is 11.2 Å². The molecule has 0 radical (unpaired) electrons. The van der Waals surface area contributed by atoms with Gasteiger partial charge in [0.2, 0.25) is 5.91 Å². The fourth-order valence-electron chi connectivity index (χ4n) is 3.41. The lowest BCUT2D eigenvalue weighted by Crippen LogP contribution is -2.41. The summed E-state index contributed by atoms with van der Waals surface area (Å²) < 4.78 is 6.62. The quantitative estimate of drug-likeness (QED) is 0.523. The second-order valence-corrected chi connectivity index (χ2v) is 8.29. The molecule has 0 spiro atoms. The summed E-state index contributed by atoms with van der Waals surface area (Å²) in [7, 11) is 0. The molecule has 1 amide bonds. The van der Waals surface area contributed by atoms with Crippen molar-refractivity contribution in [1.82, 2.24) is 13.5 Å². The minimum absolute atomic E-state index is 0.115. The average Bonchev–Trinajstić information content (AvgIpc) is 3.22. The molecule has 4 aromatic rings. The Hall–Kier alpha value is -3.52. The number of nitrogens with one attached hydrogen (secondary N) is 1. The summed E-state index contributed by atoms with van der Waals surface area (Å²) in [6.45, 7) is 5.73. The number of aryl methyl sites for hydroxylation is 3. The summed E-state index contributed by atoms with van der Waals surface area (Å²) >= 11 is 1.09. The topological polar surface area (TPSA) is 86.0 Å². The maximum absolute atomic E-state index is 13.2. The molecule has 7 nitrogen and oxygen atoms in total. The second-order valence-electron chi connectivity index (χ2n) is 7.66. The van der Waals surface area contributed by atoms with Crippen LogP contribution in [0.4, 0.5) is 5.69 Å². The zero-order valence-corrected chi connectivity index (χ0v) is 18.3. The Labute approximate surface area is 182 Å². The van der Waals surface area contributed by atoms with E-state index in [4.69, 9.17) is 0 Å². The number of amides is 1. The van der Waals surface area contributed by atoms with Gasteiger partial charge in [0.25, 0.3) is 5.56 Å². The Morgan fingerprint density at radius 3 is 2.45 bits per heavy atom. The predicted octanol–water partition coefficient (Wildman–Crippen LogP) is 3.23. The first-order valence-corrected chi connectivity index (χ1v) is 10.7. The van der Waals surface area contributed by atoms with Crippen molar-refractivity contribution in [1.29, 1.82) is 0 Å². The van der Waals surface area contributed by atoms with Gasteiger partial charge in [-0.2, -0.15) is 4.37 Å². The molecule has 2 aromatic carbocycles. The van der Waals surface area contributed by atoms with Crippen LogP contribution in [0.25, 0.3) is 11.0 Å². The van der Waals surface area contributed by atoms with Crippen LogP contribution in [0.1, 0.15) is 22.3 Å². The van der Waals surface area contributed by atoms with Gasteiger partial charge in [-0.25, -0.2) is 4.79 Å². The molecule has 0 atom stereocenters. The summed E-state index contributed by atoms with van der Waals surface area (Å²) in [5.41, 5.74) is 4.14. The Bertz CT molecular complexity index is 1400. The molecule has 0 fully saturated rings. The molecule has 158 valence electrons. The third-order valence-electron chi connectivity index (χ3n) is 5.18. The molecule has 0 aliphatic heterocycles. The Morgan fingerprint density at radius 2 is 1.71 bits per heavy atom. The molecular formula is C23H22N4O3S. The van der Waals surface area contributed by atoms with Gasteiger partial charge in [-0.05, 0) is 55.1 Å². The molecule has 2 aromatic heterocycles. The summed E-state index contributed by atoms with van der Waals surface area (Å²) in [6.07, 6.45) is 0. The maximum Gasteiger partial charge on any atom is 0.332 e. The molecule has 2 heterocycles. The number of aromatic nitrogens is 3. The van der Waals surface area contributed by atoms with Crippen LogP contribution in [0.2, 0.25) is 0 Å². The van der Waals surface area contributed by atoms with Crippen molar-refractivity contribution in [2.75, 3.05) is 5.32 Å². The monoisotopic (exact) mass is 434 g/mol. The SMILES string of the molecule is Cc1ccc(Cn2c(=O)c3nscc3n(CC(=O)Nc3cc(C)ccc3C)c2=O)cc1. The van der Waals surface area contributed by atoms with Crippen LogP contribution in [0.3, 0.4) is 0 Å². The van der Waals surface area contributed by atoms with Crippen molar-refractivity contribution in [2.24, 2.45) is 0 Å². The highest BCUT2D eigenvalue weighted by Crippen LogP contribution is 2.17. The smallest absolute Gasteiger partial charge is 0.324 e. The van der Waals surface area contributed by atoms with Gasteiger partial charge in [-0.15, -0.1) is 0 Å². The van der Waals surface area contributed by atoms with Gasteiger partial charge in [-0.3, -0.25) is 18.7 Å². The first-order chi connectivity index (χ1) is 14.8. The molecule has 1 N–H and O–H groups in total. The number of fused-ring (bicyclic) bond motifs is 1. The number of benzene rings is 2. The highest BCUT2D eigenvalue weighted by molar-refractivity contribution is 7.04.